The molecule has 17 heavy (non-hydrogen) atoms. The van der Waals surface area contributed by atoms with Gasteiger partial charge in [-0.05, 0) is 19.1 Å². The number of anilines is 1. The first-order valence-electron chi connectivity index (χ1n) is 5.16. The van der Waals surface area contributed by atoms with Gasteiger partial charge in [-0.3, -0.25) is 4.90 Å². The highest BCUT2D eigenvalue weighted by atomic mass is 19.1. The standard InChI is InChI=1S/C11H11F2NO3/c1-2-14(11(15)17-10-6-16-10)9-4-7(12)3-8(13)5-9/h3-5,10H,2,6H2,1H3. The molecule has 0 N–H and O–H groups in total. The number of ether oxygens (including phenoxy) is 2. The van der Waals surface area contributed by atoms with Crippen LogP contribution in [0.3, 0.4) is 0 Å². The Hall–Kier alpha value is -1.69. The van der Waals surface area contributed by atoms with Crippen LogP contribution >= 0.6 is 0 Å². The fourth-order valence-corrected chi connectivity index (χ4v) is 1.40. The van der Waals surface area contributed by atoms with Gasteiger partial charge in [0.05, 0.1) is 5.69 Å². The quantitative estimate of drug-likeness (QED) is 0.765. The van der Waals surface area contributed by atoms with Gasteiger partial charge in [-0.15, -0.1) is 0 Å². The molecule has 1 aliphatic heterocycles. The first-order chi connectivity index (χ1) is 8.10. The highest BCUT2D eigenvalue weighted by Crippen LogP contribution is 2.20. The number of halogens is 2. The molecule has 92 valence electrons. The van der Waals surface area contributed by atoms with Gasteiger partial charge in [-0.2, -0.15) is 0 Å². The normalized spacial score (nSPS) is 17.7. The molecule has 0 saturated carbocycles. The van der Waals surface area contributed by atoms with E-state index in [-0.39, 0.29) is 12.2 Å². The lowest BCUT2D eigenvalue weighted by Gasteiger charge is -2.19. The van der Waals surface area contributed by atoms with Gasteiger partial charge in [-0.25, -0.2) is 13.6 Å². The van der Waals surface area contributed by atoms with E-state index in [1.165, 1.54) is 0 Å². The molecule has 1 amide bonds. The van der Waals surface area contributed by atoms with Crippen molar-refractivity contribution in [1.29, 1.82) is 0 Å². The monoisotopic (exact) mass is 243 g/mol. The number of nitrogens with zero attached hydrogens (tertiary/aromatic N) is 1. The summed E-state index contributed by atoms with van der Waals surface area (Å²) < 4.78 is 35.6. The summed E-state index contributed by atoms with van der Waals surface area (Å²) in [5.74, 6) is -1.48. The molecule has 0 bridgehead atoms. The summed E-state index contributed by atoms with van der Waals surface area (Å²) in [5.41, 5.74) is 0.121. The average Bonchev–Trinajstić information content (AvgIpc) is 3.01. The van der Waals surface area contributed by atoms with Crippen molar-refractivity contribution in [2.24, 2.45) is 0 Å². The zero-order valence-corrected chi connectivity index (χ0v) is 9.15. The zero-order valence-electron chi connectivity index (χ0n) is 9.15. The Morgan fingerprint density at radius 2 is 2.06 bits per heavy atom. The second-order valence-electron chi connectivity index (χ2n) is 3.52. The van der Waals surface area contributed by atoms with Gasteiger partial charge in [-0.1, -0.05) is 0 Å². The van der Waals surface area contributed by atoms with E-state index >= 15 is 0 Å². The molecular weight excluding hydrogens is 232 g/mol. The Balaban J connectivity index is 2.17. The predicted molar refractivity (Wildman–Crippen MR) is 55.6 cm³/mol. The van der Waals surface area contributed by atoms with E-state index in [4.69, 9.17) is 9.47 Å². The van der Waals surface area contributed by atoms with Gasteiger partial charge in [0.1, 0.15) is 18.2 Å². The topological polar surface area (TPSA) is 42.1 Å². The van der Waals surface area contributed by atoms with E-state index in [0.717, 1.165) is 23.1 Å². The summed E-state index contributed by atoms with van der Waals surface area (Å²) in [5, 5.41) is 0. The summed E-state index contributed by atoms with van der Waals surface area (Å²) in [6, 6.07) is 2.88. The number of epoxide rings is 1. The minimum Gasteiger partial charge on any atom is -0.417 e. The lowest BCUT2D eigenvalue weighted by atomic mass is 10.3. The summed E-state index contributed by atoms with van der Waals surface area (Å²) in [6.45, 7) is 2.28. The molecule has 4 nitrogen and oxygen atoms in total. The van der Waals surface area contributed by atoms with Crippen LogP contribution in [0.5, 0.6) is 0 Å². The molecule has 1 aromatic rings. The molecule has 1 unspecified atom stereocenters. The van der Waals surface area contributed by atoms with Crippen LogP contribution in [0, 0.1) is 11.6 Å². The van der Waals surface area contributed by atoms with Gasteiger partial charge in [0.2, 0.25) is 6.29 Å². The van der Waals surface area contributed by atoms with Crippen molar-refractivity contribution in [3.63, 3.8) is 0 Å². The zero-order chi connectivity index (χ0) is 12.4. The molecule has 1 aromatic carbocycles. The Bertz CT molecular complexity index is 414. The largest absolute Gasteiger partial charge is 0.417 e. The Labute approximate surface area is 96.7 Å². The smallest absolute Gasteiger partial charge is 0.416 e. The van der Waals surface area contributed by atoms with Crippen molar-refractivity contribution < 1.29 is 23.0 Å². The van der Waals surface area contributed by atoms with E-state index in [1.807, 2.05) is 0 Å². The first kappa shape index (κ1) is 11.8. The number of carbonyl (C=O) groups excluding carboxylic acids is 1. The number of benzene rings is 1. The minimum atomic E-state index is -0.742. The SMILES string of the molecule is CCN(C(=O)OC1CO1)c1cc(F)cc(F)c1. The van der Waals surface area contributed by atoms with E-state index in [2.05, 4.69) is 0 Å². The number of rotatable bonds is 3. The maximum Gasteiger partial charge on any atom is 0.416 e. The van der Waals surface area contributed by atoms with Gasteiger partial charge < -0.3 is 9.47 Å². The number of amides is 1. The van der Waals surface area contributed by atoms with Crippen LogP contribution in [0.1, 0.15) is 6.92 Å². The van der Waals surface area contributed by atoms with Gasteiger partial charge >= 0.3 is 6.09 Å². The number of hydrogen-bond acceptors (Lipinski definition) is 3. The van der Waals surface area contributed by atoms with Gasteiger partial charge in [0.15, 0.2) is 0 Å². The summed E-state index contributed by atoms with van der Waals surface area (Å²) >= 11 is 0. The van der Waals surface area contributed by atoms with Crippen molar-refractivity contribution in [1.82, 2.24) is 0 Å². The summed E-state index contributed by atoms with van der Waals surface area (Å²) in [6.07, 6.45) is -1.21. The van der Waals surface area contributed by atoms with Crippen LogP contribution in [-0.4, -0.2) is 25.5 Å². The molecule has 2 rings (SSSR count). The van der Waals surface area contributed by atoms with E-state index < -0.39 is 24.0 Å². The fraction of sp³-hybridized carbons (Fsp3) is 0.364. The minimum absolute atomic E-state index is 0.121. The highest BCUT2D eigenvalue weighted by Gasteiger charge is 2.30. The van der Waals surface area contributed by atoms with Gasteiger partial charge in [0.25, 0.3) is 0 Å². The van der Waals surface area contributed by atoms with Crippen molar-refractivity contribution in [2.45, 2.75) is 13.2 Å². The second-order valence-corrected chi connectivity index (χ2v) is 3.52. The van der Waals surface area contributed by atoms with Crippen LogP contribution in [0.25, 0.3) is 0 Å². The van der Waals surface area contributed by atoms with E-state index in [1.54, 1.807) is 6.92 Å². The molecule has 0 aliphatic carbocycles. The molecule has 6 heteroatoms. The van der Waals surface area contributed by atoms with Crippen LogP contribution in [0.4, 0.5) is 19.3 Å². The fourth-order valence-electron chi connectivity index (χ4n) is 1.40. The number of carbonyl (C=O) groups is 1. The molecule has 1 atom stereocenters. The Kier molecular flexibility index (Phi) is 3.23. The average molecular weight is 243 g/mol. The molecule has 1 heterocycles. The highest BCUT2D eigenvalue weighted by molar-refractivity contribution is 5.87. The maximum atomic E-state index is 13.0. The summed E-state index contributed by atoms with van der Waals surface area (Å²) in [4.78, 5) is 12.8. The third kappa shape index (κ3) is 2.91. The Morgan fingerprint density at radius 3 is 2.53 bits per heavy atom. The molecule has 1 saturated heterocycles. The molecular formula is C11H11F2NO3. The van der Waals surface area contributed by atoms with Gasteiger partial charge in [0, 0.05) is 12.6 Å². The van der Waals surface area contributed by atoms with E-state index in [9.17, 15) is 13.6 Å². The van der Waals surface area contributed by atoms with Crippen LogP contribution in [-0.2, 0) is 9.47 Å². The van der Waals surface area contributed by atoms with Crippen molar-refractivity contribution in [3.05, 3.63) is 29.8 Å². The predicted octanol–water partition coefficient (Wildman–Crippen LogP) is 2.28. The second kappa shape index (κ2) is 4.67. The van der Waals surface area contributed by atoms with Crippen molar-refractivity contribution in [2.75, 3.05) is 18.1 Å². The molecule has 1 aliphatic rings. The third-order valence-corrected chi connectivity index (χ3v) is 2.23. The molecule has 0 radical (unpaired) electrons. The lowest BCUT2D eigenvalue weighted by molar-refractivity contribution is 0.0984. The molecule has 1 fully saturated rings. The third-order valence-electron chi connectivity index (χ3n) is 2.23. The van der Waals surface area contributed by atoms with Crippen LogP contribution in [0.15, 0.2) is 18.2 Å². The van der Waals surface area contributed by atoms with Crippen LogP contribution < -0.4 is 4.90 Å². The van der Waals surface area contributed by atoms with Crippen molar-refractivity contribution in [3.8, 4) is 0 Å². The Morgan fingerprint density at radius 1 is 1.47 bits per heavy atom. The maximum absolute atomic E-state index is 13.0. The number of hydrogen-bond donors (Lipinski definition) is 0. The van der Waals surface area contributed by atoms with Crippen LogP contribution in [0.2, 0.25) is 0 Å². The summed E-state index contributed by atoms with van der Waals surface area (Å²) in [7, 11) is 0. The first-order valence-corrected chi connectivity index (χ1v) is 5.16. The molecule has 0 spiro atoms. The van der Waals surface area contributed by atoms with Crippen molar-refractivity contribution >= 4 is 11.8 Å². The lowest BCUT2D eigenvalue weighted by Crippen LogP contribution is -2.32. The van der Waals surface area contributed by atoms with E-state index in [0.29, 0.717) is 6.61 Å². The molecule has 0 aromatic heterocycles.